The summed E-state index contributed by atoms with van der Waals surface area (Å²) in [6, 6.07) is 12.4. The Labute approximate surface area is 166 Å². The number of aromatic nitrogens is 1. The second kappa shape index (κ2) is 8.27. The van der Waals surface area contributed by atoms with Gasteiger partial charge in [-0.1, -0.05) is 25.1 Å². The van der Waals surface area contributed by atoms with E-state index in [1.54, 1.807) is 13.2 Å². The lowest BCUT2D eigenvalue weighted by Crippen LogP contribution is -2.38. The predicted octanol–water partition coefficient (Wildman–Crippen LogP) is 2.68. The van der Waals surface area contributed by atoms with Crippen molar-refractivity contribution in [2.24, 2.45) is 5.92 Å². The zero-order chi connectivity index (χ0) is 19.5. The van der Waals surface area contributed by atoms with E-state index in [0.717, 1.165) is 49.7 Å². The quantitative estimate of drug-likeness (QED) is 0.860. The lowest BCUT2D eigenvalue weighted by Gasteiger charge is -2.32. The Bertz CT molecular complexity index is 860. The Morgan fingerprint density at radius 2 is 1.96 bits per heavy atom. The molecule has 6 nitrogen and oxygen atoms in total. The van der Waals surface area contributed by atoms with E-state index in [1.165, 1.54) is 5.56 Å². The first-order valence-electron chi connectivity index (χ1n) is 10.1. The normalized spacial score (nSPS) is 22.5. The number of nitrogens with one attached hydrogen (secondary N) is 1. The molecule has 0 radical (unpaired) electrons. The van der Waals surface area contributed by atoms with Crippen molar-refractivity contribution in [2.45, 2.75) is 25.8 Å². The van der Waals surface area contributed by atoms with Crippen LogP contribution in [0.1, 0.15) is 18.9 Å². The Balaban J connectivity index is 1.62. The van der Waals surface area contributed by atoms with E-state index in [0.29, 0.717) is 25.2 Å². The third-order valence-corrected chi connectivity index (χ3v) is 6.00. The minimum atomic E-state index is -0.0467. The number of methoxy groups -OCH3 is 1. The van der Waals surface area contributed by atoms with E-state index >= 15 is 0 Å². The second-order valence-corrected chi connectivity index (χ2v) is 7.73. The maximum Gasteiger partial charge on any atom is 0.251 e. The van der Waals surface area contributed by atoms with Gasteiger partial charge in [0, 0.05) is 43.5 Å². The average molecular weight is 383 g/mol. The molecule has 0 unspecified atom stereocenters. The van der Waals surface area contributed by atoms with Crippen molar-refractivity contribution in [1.29, 1.82) is 0 Å². The largest absolute Gasteiger partial charge is 0.496 e. The highest BCUT2D eigenvalue weighted by Gasteiger charge is 2.33. The summed E-state index contributed by atoms with van der Waals surface area (Å²) in [6.45, 7) is 6.31. The van der Waals surface area contributed by atoms with E-state index in [2.05, 4.69) is 39.9 Å². The Morgan fingerprint density at radius 3 is 2.75 bits per heavy atom. The monoisotopic (exact) mass is 383 g/mol. The topological polar surface area (TPSA) is 57.8 Å². The van der Waals surface area contributed by atoms with Gasteiger partial charge >= 0.3 is 0 Å². The van der Waals surface area contributed by atoms with Gasteiger partial charge in [0.2, 0.25) is 0 Å². The van der Waals surface area contributed by atoms with Gasteiger partial charge in [-0.25, -0.2) is 0 Å². The molecule has 2 aromatic rings. The summed E-state index contributed by atoms with van der Waals surface area (Å²) in [5.41, 5.74) is 2.15. The number of benzene rings is 1. The van der Waals surface area contributed by atoms with Crippen molar-refractivity contribution < 1.29 is 9.47 Å². The highest BCUT2D eigenvalue weighted by Crippen LogP contribution is 2.33. The number of anilines is 2. The smallest absolute Gasteiger partial charge is 0.251 e. The van der Waals surface area contributed by atoms with Crippen LogP contribution >= 0.6 is 0 Å². The molecule has 3 heterocycles. The van der Waals surface area contributed by atoms with Crippen LogP contribution in [-0.4, -0.2) is 51.0 Å². The molecule has 1 N–H and O–H groups in total. The fourth-order valence-corrected chi connectivity index (χ4v) is 4.39. The molecular weight excluding hydrogens is 354 g/mol. The van der Waals surface area contributed by atoms with E-state index in [1.807, 2.05) is 12.1 Å². The van der Waals surface area contributed by atoms with Gasteiger partial charge in [-0.2, -0.15) is 0 Å². The second-order valence-electron chi connectivity index (χ2n) is 7.73. The van der Waals surface area contributed by atoms with E-state index in [9.17, 15) is 4.79 Å². The average Bonchev–Trinajstić information content (AvgIpc) is 3.09. The standard InChI is InChI=1S/C22H29N3O3/c1-16-7-8-25(19(16)13-17-5-3-4-6-20(17)27-2)21-14-18(15-22(26)23-21)24-9-11-28-12-10-24/h3-6,14-16,19H,7-13H2,1-2H3,(H,23,26)/t16-,19+/m0/s1. The first kappa shape index (κ1) is 18.9. The molecule has 0 aliphatic carbocycles. The fraction of sp³-hybridized carbons (Fsp3) is 0.500. The number of H-pyrrole nitrogens is 1. The molecular formula is C22H29N3O3. The van der Waals surface area contributed by atoms with Crippen molar-refractivity contribution in [3.63, 3.8) is 0 Å². The SMILES string of the molecule is COc1ccccc1C[C@@H]1[C@@H](C)CCN1c1cc(N2CCOCC2)cc(=O)[nH]1. The minimum absolute atomic E-state index is 0.0467. The summed E-state index contributed by atoms with van der Waals surface area (Å²) in [5, 5.41) is 0. The number of hydrogen-bond donors (Lipinski definition) is 1. The van der Waals surface area contributed by atoms with Crippen molar-refractivity contribution in [2.75, 3.05) is 49.8 Å². The molecule has 1 aromatic heterocycles. The zero-order valence-corrected chi connectivity index (χ0v) is 16.7. The number of aromatic amines is 1. The Morgan fingerprint density at radius 1 is 1.18 bits per heavy atom. The molecule has 2 aliphatic heterocycles. The molecule has 0 saturated carbocycles. The molecule has 150 valence electrons. The van der Waals surface area contributed by atoms with Gasteiger partial charge < -0.3 is 24.3 Å². The van der Waals surface area contributed by atoms with Crippen LogP contribution in [0.3, 0.4) is 0 Å². The fourth-order valence-electron chi connectivity index (χ4n) is 4.39. The maximum atomic E-state index is 12.4. The summed E-state index contributed by atoms with van der Waals surface area (Å²) in [7, 11) is 1.72. The molecule has 0 amide bonds. The molecule has 28 heavy (non-hydrogen) atoms. The summed E-state index contributed by atoms with van der Waals surface area (Å²) >= 11 is 0. The van der Waals surface area contributed by atoms with Crippen LogP contribution in [0, 0.1) is 5.92 Å². The molecule has 6 heteroatoms. The molecule has 2 atom stereocenters. The number of pyridine rings is 1. The van der Waals surface area contributed by atoms with Gasteiger partial charge in [-0.15, -0.1) is 0 Å². The van der Waals surface area contributed by atoms with Gasteiger partial charge in [0.05, 0.1) is 20.3 Å². The first-order valence-corrected chi connectivity index (χ1v) is 10.1. The maximum absolute atomic E-state index is 12.4. The summed E-state index contributed by atoms with van der Waals surface area (Å²) in [5.74, 6) is 2.39. The number of para-hydroxylation sites is 1. The van der Waals surface area contributed by atoms with Gasteiger partial charge in [0.15, 0.2) is 0 Å². The van der Waals surface area contributed by atoms with Gasteiger partial charge in [0.25, 0.3) is 5.56 Å². The number of nitrogens with zero attached hydrogens (tertiary/aromatic N) is 2. The van der Waals surface area contributed by atoms with Gasteiger partial charge in [-0.3, -0.25) is 4.79 Å². The third kappa shape index (κ3) is 3.87. The summed E-state index contributed by atoms with van der Waals surface area (Å²) in [6.07, 6.45) is 2.01. The Kier molecular flexibility index (Phi) is 5.57. The molecule has 4 rings (SSSR count). The van der Waals surface area contributed by atoms with E-state index < -0.39 is 0 Å². The zero-order valence-electron chi connectivity index (χ0n) is 16.7. The van der Waals surface area contributed by atoms with Crippen molar-refractivity contribution in [1.82, 2.24) is 4.98 Å². The van der Waals surface area contributed by atoms with Crippen molar-refractivity contribution >= 4 is 11.5 Å². The molecule has 2 saturated heterocycles. The minimum Gasteiger partial charge on any atom is -0.496 e. The van der Waals surface area contributed by atoms with Crippen LogP contribution in [-0.2, 0) is 11.2 Å². The van der Waals surface area contributed by atoms with Crippen LogP contribution in [0.4, 0.5) is 11.5 Å². The van der Waals surface area contributed by atoms with Gasteiger partial charge in [-0.05, 0) is 30.4 Å². The number of ether oxygens (including phenoxy) is 2. The molecule has 2 fully saturated rings. The first-order chi connectivity index (χ1) is 13.7. The van der Waals surface area contributed by atoms with Crippen molar-refractivity contribution in [3.05, 3.63) is 52.3 Å². The molecule has 0 bridgehead atoms. The lowest BCUT2D eigenvalue weighted by molar-refractivity contribution is 0.122. The van der Waals surface area contributed by atoms with Crippen LogP contribution in [0.5, 0.6) is 5.75 Å². The lowest BCUT2D eigenvalue weighted by atomic mass is 9.95. The van der Waals surface area contributed by atoms with Crippen LogP contribution in [0.15, 0.2) is 41.2 Å². The molecule has 0 spiro atoms. The highest BCUT2D eigenvalue weighted by atomic mass is 16.5. The summed E-state index contributed by atoms with van der Waals surface area (Å²) < 4.78 is 11.0. The van der Waals surface area contributed by atoms with Crippen molar-refractivity contribution in [3.8, 4) is 5.75 Å². The third-order valence-electron chi connectivity index (χ3n) is 6.00. The molecule has 1 aromatic carbocycles. The predicted molar refractivity (Wildman–Crippen MR) is 112 cm³/mol. The van der Waals surface area contributed by atoms with Crippen LogP contribution < -0.4 is 20.1 Å². The van der Waals surface area contributed by atoms with E-state index in [4.69, 9.17) is 9.47 Å². The number of morpholine rings is 1. The highest BCUT2D eigenvalue weighted by molar-refractivity contribution is 5.56. The van der Waals surface area contributed by atoms with Gasteiger partial charge in [0.1, 0.15) is 11.6 Å². The van der Waals surface area contributed by atoms with Crippen LogP contribution in [0.2, 0.25) is 0 Å². The summed E-state index contributed by atoms with van der Waals surface area (Å²) in [4.78, 5) is 20.1. The van der Waals surface area contributed by atoms with E-state index in [-0.39, 0.29) is 5.56 Å². The molecule has 2 aliphatic rings. The Hall–Kier alpha value is -2.47. The number of rotatable bonds is 5. The number of hydrogen-bond acceptors (Lipinski definition) is 5. The van der Waals surface area contributed by atoms with Crippen LogP contribution in [0.25, 0.3) is 0 Å².